The van der Waals surface area contributed by atoms with E-state index in [2.05, 4.69) is 167 Å². The van der Waals surface area contributed by atoms with E-state index in [4.69, 9.17) is 14.2 Å². The van der Waals surface area contributed by atoms with Gasteiger partial charge in [-0.2, -0.15) is 0 Å². The zero-order valence-corrected chi connectivity index (χ0v) is 46.8. The molecular weight excluding hydrogens is 901 g/mol. The van der Waals surface area contributed by atoms with Gasteiger partial charge >= 0.3 is 17.9 Å². The molecule has 0 aliphatic rings. The van der Waals surface area contributed by atoms with Crippen molar-refractivity contribution in [3.8, 4) is 0 Å². The molecule has 0 amide bonds. The van der Waals surface area contributed by atoms with Crippen LogP contribution in [0.5, 0.6) is 0 Å². The summed E-state index contributed by atoms with van der Waals surface area (Å²) in [5.74, 6) is -1.01. The van der Waals surface area contributed by atoms with Crippen LogP contribution in [0.4, 0.5) is 0 Å². The molecule has 0 spiro atoms. The third-order valence-corrected chi connectivity index (χ3v) is 11.8. The van der Waals surface area contributed by atoms with E-state index in [9.17, 15) is 14.4 Å². The molecule has 0 heterocycles. The van der Waals surface area contributed by atoms with Crippen LogP contribution in [0.3, 0.4) is 0 Å². The Labute approximate surface area is 448 Å². The summed E-state index contributed by atoms with van der Waals surface area (Å²) in [6, 6.07) is 0. The van der Waals surface area contributed by atoms with E-state index in [0.717, 1.165) is 141 Å². The Morgan fingerprint density at radius 1 is 0.288 bits per heavy atom. The summed E-state index contributed by atoms with van der Waals surface area (Å²) in [5, 5.41) is 0. The van der Waals surface area contributed by atoms with Gasteiger partial charge in [0, 0.05) is 19.3 Å². The van der Waals surface area contributed by atoms with Crippen molar-refractivity contribution >= 4 is 17.9 Å². The average molecular weight is 1010 g/mol. The lowest BCUT2D eigenvalue weighted by Crippen LogP contribution is -2.30. The van der Waals surface area contributed by atoms with Gasteiger partial charge in [-0.1, -0.05) is 218 Å². The minimum atomic E-state index is -0.826. The van der Waals surface area contributed by atoms with Crippen LogP contribution in [-0.4, -0.2) is 37.2 Å². The van der Waals surface area contributed by atoms with Crippen molar-refractivity contribution in [3.63, 3.8) is 0 Å². The molecule has 0 unspecified atom stereocenters. The monoisotopic (exact) mass is 1010 g/mol. The SMILES string of the molecule is CC/C=C\C/C=C\C/C=C\C/C=C\C/C=C\CCCCCC(=O)OC[C@H](COC(=O)CCCCCC/C=C\C/C=C\C/C=C\CCCCC)OC(=O)CCCCC/C=C\C/C=C\C/C=C\C/C=C\CCCCC. The molecule has 6 nitrogen and oxygen atoms in total. The van der Waals surface area contributed by atoms with Crippen molar-refractivity contribution in [2.45, 2.75) is 245 Å². The molecule has 6 heteroatoms. The zero-order valence-electron chi connectivity index (χ0n) is 46.8. The summed E-state index contributed by atoms with van der Waals surface area (Å²) in [6.45, 7) is 6.38. The standard InChI is InChI=1S/C67H106O6/c1-4-7-10-13-16-19-22-25-28-31-33-36-39-42-45-48-51-54-57-60-66(69)72-63-64(62-71-65(68)59-56-53-50-47-44-41-38-35-30-27-24-21-18-15-12-9-6-3)73-67(70)61-58-55-52-49-46-43-40-37-34-32-29-26-23-20-17-14-11-8-5-2/h7,10,16-21,25-30,33-34,36-38,41-43,45-46,64H,4-6,8-9,11-15,22-24,31-32,35,39-40,44,47-63H2,1-3H3/b10-7-,19-16-,20-17-,21-18-,28-25-,29-26-,30-27-,36-33-,37-34-,41-38-,45-42-,46-43-/t64-/m0/s1. The number of carbonyl (C=O) groups excluding carboxylic acids is 3. The summed E-state index contributed by atoms with van der Waals surface area (Å²) >= 11 is 0. The highest BCUT2D eigenvalue weighted by Crippen LogP contribution is 2.12. The number of hydrogen-bond donors (Lipinski definition) is 0. The molecule has 0 bridgehead atoms. The second-order valence-electron chi connectivity index (χ2n) is 18.8. The van der Waals surface area contributed by atoms with E-state index in [-0.39, 0.29) is 37.5 Å². The van der Waals surface area contributed by atoms with Crippen LogP contribution < -0.4 is 0 Å². The second kappa shape index (κ2) is 59.8. The van der Waals surface area contributed by atoms with Crippen molar-refractivity contribution in [2.75, 3.05) is 13.2 Å². The van der Waals surface area contributed by atoms with Gasteiger partial charge in [-0.15, -0.1) is 0 Å². The Morgan fingerprint density at radius 2 is 0.534 bits per heavy atom. The lowest BCUT2D eigenvalue weighted by atomic mass is 10.1. The predicted molar refractivity (Wildman–Crippen MR) is 315 cm³/mol. The maximum atomic E-state index is 12.9. The number of allylic oxidation sites excluding steroid dienone is 24. The Bertz CT molecular complexity index is 1630. The molecule has 0 N–H and O–H groups in total. The van der Waals surface area contributed by atoms with Gasteiger partial charge in [0.1, 0.15) is 13.2 Å². The molecule has 0 fully saturated rings. The largest absolute Gasteiger partial charge is 0.462 e. The van der Waals surface area contributed by atoms with Crippen LogP contribution in [0.2, 0.25) is 0 Å². The first-order valence-corrected chi connectivity index (χ1v) is 29.3. The van der Waals surface area contributed by atoms with Gasteiger partial charge in [0.25, 0.3) is 0 Å². The average Bonchev–Trinajstić information content (AvgIpc) is 3.39. The van der Waals surface area contributed by atoms with Gasteiger partial charge in [0.15, 0.2) is 6.10 Å². The smallest absolute Gasteiger partial charge is 0.306 e. The Balaban J connectivity index is 4.59. The summed E-state index contributed by atoms with van der Waals surface area (Å²) < 4.78 is 16.8. The van der Waals surface area contributed by atoms with Gasteiger partial charge in [-0.05, 0) is 148 Å². The van der Waals surface area contributed by atoms with E-state index in [1.165, 1.54) is 51.4 Å². The molecule has 0 aromatic rings. The first-order chi connectivity index (χ1) is 36.0. The number of esters is 3. The first-order valence-electron chi connectivity index (χ1n) is 29.3. The maximum absolute atomic E-state index is 12.9. The third-order valence-electron chi connectivity index (χ3n) is 11.8. The van der Waals surface area contributed by atoms with Crippen LogP contribution in [0.1, 0.15) is 239 Å². The summed E-state index contributed by atoms with van der Waals surface area (Å²) in [5.41, 5.74) is 0. The van der Waals surface area contributed by atoms with E-state index < -0.39 is 6.10 Å². The molecule has 1 atom stereocenters. The quantitative estimate of drug-likeness (QED) is 0.0261. The van der Waals surface area contributed by atoms with Crippen molar-refractivity contribution in [1.29, 1.82) is 0 Å². The highest BCUT2D eigenvalue weighted by Gasteiger charge is 2.19. The molecule has 0 saturated heterocycles. The molecule has 0 aliphatic carbocycles. The first kappa shape index (κ1) is 68.3. The van der Waals surface area contributed by atoms with Crippen LogP contribution in [-0.2, 0) is 28.6 Å². The Kier molecular flexibility index (Phi) is 56.0. The van der Waals surface area contributed by atoms with E-state index >= 15 is 0 Å². The predicted octanol–water partition coefficient (Wildman–Crippen LogP) is 20.0. The summed E-state index contributed by atoms with van der Waals surface area (Å²) in [4.78, 5) is 38.2. The molecule has 0 aromatic heterocycles. The molecule has 0 radical (unpaired) electrons. The lowest BCUT2D eigenvalue weighted by molar-refractivity contribution is -0.167. The van der Waals surface area contributed by atoms with Gasteiger partial charge < -0.3 is 14.2 Å². The van der Waals surface area contributed by atoms with E-state index in [1.54, 1.807) is 0 Å². The van der Waals surface area contributed by atoms with Gasteiger partial charge in [-0.25, -0.2) is 0 Å². The minimum absolute atomic E-state index is 0.119. The van der Waals surface area contributed by atoms with E-state index in [0.29, 0.717) is 19.3 Å². The highest BCUT2D eigenvalue weighted by molar-refractivity contribution is 5.71. The number of ether oxygens (including phenoxy) is 3. The van der Waals surface area contributed by atoms with Crippen molar-refractivity contribution in [2.24, 2.45) is 0 Å². The fourth-order valence-corrected chi connectivity index (χ4v) is 7.40. The number of unbranched alkanes of at least 4 members (excludes halogenated alkanes) is 16. The summed E-state index contributed by atoms with van der Waals surface area (Å²) in [6.07, 6.45) is 85.4. The van der Waals surface area contributed by atoms with Crippen LogP contribution in [0.25, 0.3) is 0 Å². The van der Waals surface area contributed by atoms with Crippen LogP contribution >= 0.6 is 0 Å². The molecular formula is C67H106O6. The normalized spacial score (nSPS) is 13.2. The molecule has 73 heavy (non-hydrogen) atoms. The second-order valence-corrected chi connectivity index (χ2v) is 18.8. The molecule has 0 aliphatic heterocycles. The minimum Gasteiger partial charge on any atom is -0.462 e. The van der Waals surface area contributed by atoms with Crippen LogP contribution in [0.15, 0.2) is 146 Å². The van der Waals surface area contributed by atoms with Crippen molar-refractivity contribution in [1.82, 2.24) is 0 Å². The number of hydrogen-bond acceptors (Lipinski definition) is 6. The molecule has 0 rings (SSSR count). The highest BCUT2D eigenvalue weighted by atomic mass is 16.6. The van der Waals surface area contributed by atoms with Crippen LogP contribution in [0, 0.1) is 0 Å². The van der Waals surface area contributed by atoms with Gasteiger partial charge in [0.2, 0.25) is 0 Å². The maximum Gasteiger partial charge on any atom is 0.306 e. The van der Waals surface area contributed by atoms with Crippen molar-refractivity contribution < 1.29 is 28.6 Å². The fraction of sp³-hybridized carbons (Fsp3) is 0.597. The number of carbonyl (C=O) groups is 3. The fourth-order valence-electron chi connectivity index (χ4n) is 7.40. The third kappa shape index (κ3) is 58.1. The molecule has 0 saturated carbocycles. The lowest BCUT2D eigenvalue weighted by Gasteiger charge is -2.18. The Morgan fingerprint density at radius 3 is 0.836 bits per heavy atom. The van der Waals surface area contributed by atoms with Gasteiger partial charge in [-0.3, -0.25) is 14.4 Å². The van der Waals surface area contributed by atoms with Gasteiger partial charge in [0.05, 0.1) is 0 Å². The number of rotatable bonds is 51. The molecule has 410 valence electrons. The van der Waals surface area contributed by atoms with E-state index in [1.807, 2.05) is 0 Å². The van der Waals surface area contributed by atoms with Crippen molar-refractivity contribution in [3.05, 3.63) is 146 Å². The molecule has 0 aromatic carbocycles. The topological polar surface area (TPSA) is 78.9 Å². The Hall–Kier alpha value is -4.71. The zero-order chi connectivity index (χ0) is 52.9. The summed E-state index contributed by atoms with van der Waals surface area (Å²) in [7, 11) is 0.